The maximum Gasteiger partial charge on any atom is 0.234 e. The summed E-state index contributed by atoms with van der Waals surface area (Å²) in [5.74, 6) is 0.472. The number of thioether (sulfide) groups is 1. The molecule has 0 saturated carbocycles. The van der Waals surface area contributed by atoms with Crippen molar-refractivity contribution >= 4 is 23.4 Å². The fraction of sp³-hybridized carbons (Fsp3) is 0.429. The lowest BCUT2D eigenvalue weighted by atomic mass is 10.2. The summed E-state index contributed by atoms with van der Waals surface area (Å²) in [6.45, 7) is 2.09. The van der Waals surface area contributed by atoms with Gasteiger partial charge in [-0.2, -0.15) is 5.26 Å². The number of rotatable bonds is 4. The highest BCUT2D eigenvalue weighted by atomic mass is 32.2. The van der Waals surface area contributed by atoms with Crippen LogP contribution in [0.3, 0.4) is 0 Å². The fourth-order valence-corrected chi connectivity index (χ4v) is 3.05. The van der Waals surface area contributed by atoms with Gasteiger partial charge in [0.1, 0.15) is 0 Å². The molecule has 2 rings (SSSR count). The molecule has 0 aliphatic carbocycles. The summed E-state index contributed by atoms with van der Waals surface area (Å²) < 4.78 is 0. The van der Waals surface area contributed by atoms with E-state index in [1.807, 2.05) is 0 Å². The maximum absolute atomic E-state index is 11.8. The van der Waals surface area contributed by atoms with Gasteiger partial charge in [-0.3, -0.25) is 4.79 Å². The molecular formula is C14H17N3OS. The van der Waals surface area contributed by atoms with Crippen LogP contribution in [-0.2, 0) is 4.79 Å². The zero-order chi connectivity index (χ0) is 13.5. The molecule has 1 saturated heterocycles. The molecule has 0 aromatic heterocycles. The Labute approximate surface area is 117 Å². The van der Waals surface area contributed by atoms with Crippen LogP contribution in [0.1, 0.15) is 18.4 Å². The second kappa shape index (κ2) is 7.17. The summed E-state index contributed by atoms with van der Waals surface area (Å²) >= 11 is 1.72. The molecule has 0 unspecified atom stereocenters. The van der Waals surface area contributed by atoms with Crippen LogP contribution in [0.25, 0.3) is 0 Å². The van der Waals surface area contributed by atoms with Crippen molar-refractivity contribution in [1.82, 2.24) is 5.32 Å². The Morgan fingerprint density at radius 3 is 3.00 bits per heavy atom. The molecule has 0 bridgehead atoms. The van der Waals surface area contributed by atoms with Gasteiger partial charge in [0, 0.05) is 10.9 Å². The van der Waals surface area contributed by atoms with Gasteiger partial charge in [-0.05, 0) is 44.1 Å². The van der Waals surface area contributed by atoms with Crippen molar-refractivity contribution < 1.29 is 4.79 Å². The van der Waals surface area contributed by atoms with E-state index in [1.165, 1.54) is 0 Å². The molecule has 0 spiro atoms. The van der Waals surface area contributed by atoms with Crippen LogP contribution >= 0.6 is 11.8 Å². The summed E-state index contributed by atoms with van der Waals surface area (Å²) in [6, 6.07) is 9.04. The van der Waals surface area contributed by atoms with E-state index in [4.69, 9.17) is 5.26 Å². The topological polar surface area (TPSA) is 64.9 Å². The number of benzene rings is 1. The van der Waals surface area contributed by atoms with Crippen molar-refractivity contribution in [3.63, 3.8) is 0 Å². The predicted molar refractivity (Wildman–Crippen MR) is 78.1 cm³/mol. The molecule has 1 aromatic carbocycles. The van der Waals surface area contributed by atoms with E-state index in [9.17, 15) is 4.79 Å². The number of amides is 1. The Bertz CT molecular complexity index is 478. The lowest BCUT2D eigenvalue weighted by molar-refractivity contribution is -0.113. The standard InChI is InChI=1S/C14H17N3OS/c15-9-11-2-1-3-12(8-11)17-14(18)10-19-13-4-6-16-7-5-13/h1-3,8,13,16H,4-7,10H2,(H,17,18). The summed E-state index contributed by atoms with van der Waals surface area (Å²) in [5.41, 5.74) is 1.25. The SMILES string of the molecule is N#Cc1cccc(NC(=O)CSC2CCNCC2)c1. The van der Waals surface area contributed by atoms with Crippen molar-refractivity contribution in [2.45, 2.75) is 18.1 Å². The minimum Gasteiger partial charge on any atom is -0.325 e. The van der Waals surface area contributed by atoms with Gasteiger partial charge in [0.2, 0.25) is 5.91 Å². The average Bonchev–Trinajstić information content (AvgIpc) is 2.46. The van der Waals surface area contributed by atoms with Crippen molar-refractivity contribution in [2.75, 3.05) is 24.2 Å². The number of nitrogens with one attached hydrogen (secondary N) is 2. The fourth-order valence-electron chi connectivity index (χ4n) is 2.02. The molecular weight excluding hydrogens is 258 g/mol. The molecule has 2 N–H and O–H groups in total. The average molecular weight is 275 g/mol. The number of hydrogen-bond donors (Lipinski definition) is 2. The monoisotopic (exact) mass is 275 g/mol. The highest BCUT2D eigenvalue weighted by molar-refractivity contribution is 8.00. The Balaban J connectivity index is 1.78. The zero-order valence-corrected chi connectivity index (χ0v) is 11.5. The van der Waals surface area contributed by atoms with Crippen LogP contribution in [0.5, 0.6) is 0 Å². The Morgan fingerprint density at radius 2 is 2.26 bits per heavy atom. The van der Waals surface area contributed by atoms with Crippen LogP contribution in [0.15, 0.2) is 24.3 Å². The number of anilines is 1. The number of carbonyl (C=O) groups excluding carboxylic acids is 1. The second-order valence-electron chi connectivity index (χ2n) is 4.50. The lowest BCUT2D eigenvalue weighted by Crippen LogP contribution is -2.30. The number of piperidine rings is 1. The third-order valence-electron chi connectivity index (χ3n) is 3.01. The molecule has 1 aliphatic heterocycles. The highest BCUT2D eigenvalue weighted by Gasteiger charge is 2.14. The molecule has 1 heterocycles. The van der Waals surface area contributed by atoms with Gasteiger partial charge < -0.3 is 10.6 Å². The van der Waals surface area contributed by atoms with Gasteiger partial charge in [-0.15, -0.1) is 11.8 Å². The first kappa shape index (κ1) is 13.9. The molecule has 1 aromatic rings. The predicted octanol–water partition coefficient (Wildman–Crippen LogP) is 1.98. The van der Waals surface area contributed by atoms with E-state index < -0.39 is 0 Å². The van der Waals surface area contributed by atoms with Crippen LogP contribution in [-0.4, -0.2) is 30.0 Å². The van der Waals surface area contributed by atoms with E-state index in [1.54, 1.807) is 36.0 Å². The summed E-state index contributed by atoms with van der Waals surface area (Å²) in [4.78, 5) is 11.8. The molecule has 19 heavy (non-hydrogen) atoms. The van der Waals surface area contributed by atoms with Crippen LogP contribution in [0.2, 0.25) is 0 Å². The molecule has 0 radical (unpaired) electrons. The third kappa shape index (κ3) is 4.58. The van der Waals surface area contributed by atoms with Crippen molar-refractivity contribution in [1.29, 1.82) is 5.26 Å². The van der Waals surface area contributed by atoms with Gasteiger partial charge >= 0.3 is 0 Å². The number of nitriles is 1. The van der Waals surface area contributed by atoms with Crippen molar-refractivity contribution in [2.24, 2.45) is 0 Å². The van der Waals surface area contributed by atoms with E-state index in [0.29, 0.717) is 22.3 Å². The molecule has 1 fully saturated rings. The Morgan fingerprint density at radius 1 is 1.47 bits per heavy atom. The smallest absolute Gasteiger partial charge is 0.234 e. The second-order valence-corrected chi connectivity index (χ2v) is 5.79. The maximum atomic E-state index is 11.8. The third-order valence-corrected chi connectivity index (χ3v) is 4.38. The van der Waals surface area contributed by atoms with Crippen molar-refractivity contribution in [3.8, 4) is 6.07 Å². The first-order valence-corrected chi connectivity index (χ1v) is 7.45. The van der Waals surface area contributed by atoms with Gasteiger partial charge in [0.25, 0.3) is 0 Å². The molecule has 1 aliphatic rings. The molecule has 5 heteroatoms. The highest BCUT2D eigenvalue weighted by Crippen LogP contribution is 2.20. The summed E-state index contributed by atoms with van der Waals surface area (Å²) in [7, 11) is 0. The lowest BCUT2D eigenvalue weighted by Gasteiger charge is -2.21. The van der Waals surface area contributed by atoms with Crippen molar-refractivity contribution in [3.05, 3.63) is 29.8 Å². The quantitative estimate of drug-likeness (QED) is 0.882. The minimum atomic E-state index is -0.00128. The van der Waals surface area contributed by atoms with E-state index >= 15 is 0 Å². The van der Waals surface area contributed by atoms with E-state index in [0.717, 1.165) is 25.9 Å². The molecule has 4 nitrogen and oxygen atoms in total. The van der Waals surface area contributed by atoms with Gasteiger partial charge in [-0.1, -0.05) is 6.07 Å². The zero-order valence-electron chi connectivity index (χ0n) is 10.7. The van der Waals surface area contributed by atoms with E-state index in [2.05, 4.69) is 16.7 Å². The summed E-state index contributed by atoms with van der Waals surface area (Å²) in [5, 5.41) is 15.5. The molecule has 0 atom stereocenters. The van der Waals surface area contributed by atoms with Crippen LogP contribution < -0.4 is 10.6 Å². The molecule has 100 valence electrons. The Kier molecular flexibility index (Phi) is 5.25. The van der Waals surface area contributed by atoms with Crippen LogP contribution in [0.4, 0.5) is 5.69 Å². The van der Waals surface area contributed by atoms with Gasteiger partial charge in [-0.25, -0.2) is 0 Å². The number of hydrogen-bond acceptors (Lipinski definition) is 4. The minimum absolute atomic E-state index is 0.00128. The molecule has 1 amide bonds. The van der Waals surface area contributed by atoms with E-state index in [-0.39, 0.29) is 5.91 Å². The first-order valence-electron chi connectivity index (χ1n) is 6.40. The van der Waals surface area contributed by atoms with Gasteiger partial charge in [0.05, 0.1) is 17.4 Å². The normalized spacial score (nSPS) is 15.7. The number of carbonyl (C=O) groups is 1. The largest absolute Gasteiger partial charge is 0.325 e. The summed E-state index contributed by atoms with van der Waals surface area (Å²) in [6.07, 6.45) is 2.25. The van der Waals surface area contributed by atoms with Crippen LogP contribution in [0, 0.1) is 11.3 Å². The van der Waals surface area contributed by atoms with Gasteiger partial charge in [0.15, 0.2) is 0 Å². The number of nitrogens with zero attached hydrogens (tertiary/aromatic N) is 1. The first-order chi connectivity index (χ1) is 9.28. The Hall–Kier alpha value is -1.51.